The molecule has 1 heterocycles. The fraction of sp³-hybridized carbons (Fsp3) is 0.417. The van der Waals surface area contributed by atoms with E-state index in [1.807, 2.05) is 17.9 Å². The van der Waals surface area contributed by atoms with Crippen molar-refractivity contribution in [3.05, 3.63) is 64.2 Å². The lowest BCUT2D eigenvalue weighted by Gasteiger charge is -2.31. The maximum atomic E-state index is 14.2. The molecule has 0 aliphatic carbocycles. The second kappa shape index (κ2) is 11.3. The van der Waals surface area contributed by atoms with Crippen molar-refractivity contribution in [1.82, 2.24) is 4.90 Å². The van der Waals surface area contributed by atoms with Gasteiger partial charge in [0.15, 0.2) is 11.6 Å². The number of anilines is 1. The van der Waals surface area contributed by atoms with Crippen molar-refractivity contribution >= 4 is 23.7 Å². The van der Waals surface area contributed by atoms with Gasteiger partial charge >= 0.3 is 0 Å². The maximum Gasteiger partial charge on any atom is 0.209 e. The minimum atomic E-state index is -0.902. The largest absolute Gasteiger partial charge is 0.390 e. The van der Waals surface area contributed by atoms with Crippen LogP contribution in [-0.2, 0) is 11.3 Å². The van der Waals surface area contributed by atoms with Crippen molar-refractivity contribution in [2.24, 2.45) is 0 Å². The highest BCUT2D eigenvalue weighted by Gasteiger charge is 2.28. The molecular formula is C24H28ClF2N3O2. The lowest BCUT2D eigenvalue weighted by molar-refractivity contribution is -0.117. The van der Waals surface area contributed by atoms with E-state index >= 15 is 0 Å². The number of aliphatic hydroxyl groups is 1. The van der Waals surface area contributed by atoms with Crippen LogP contribution < -0.4 is 4.90 Å². The minimum absolute atomic E-state index is 0.0631. The van der Waals surface area contributed by atoms with E-state index in [1.54, 1.807) is 36.9 Å². The summed E-state index contributed by atoms with van der Waals surface area (Å²) in [4.78, 5) is 14.6. The summed E-state index contributed by atoms with van der Waals surface area (Å²) in [6.07, 6.45) is 2.31. The van der Waals surface area contributed by atoms with E-state index in [1.165, 1.54) is 12.1 Å². The Bertz CT molecular complexity index is 973. The zero-order valence-electron chi connectivity index (χ0n) is 18.5. The fourth-order valence-corrected chi connectivity index (χ4v) is 3.39. The molecule has 1 saturated heterocycles. The molecule has 172 valence electrons. The molecule has 1 amide bonds. The number of nitriles is 1. The summed E-state index contributed by atoms with van der Waals surface area (Å²) in [6, 6.07) is 11.0. The third-order valence-electron chi connectivity index (χ3n) is 5.43. The number of halogens is 3. The number of hydrogen-bond donors (Lipinski definition) is 1. The van der Waals surface area contributed by atoms with Gasteiger partial charge in [0, 0.05) is 36.9 Å². The molecule has 0 bridgehead atoms. The van der Waals surface area contributed by atoms with Crippen LogP contribution in [0.15, 0.2) is 36.4 Å². The van der Waals surface area contributed by atoms with Gasteiger partial charge in [-0.2, -0.15) is 5.26 Å². The van der Waals surface area contributed by atoms with Crippen molar-refractivity contribution in [3.8, 4) is 6.07 Å². The Kier molecular flexibility index (Phi) is 8.99. The van der Waals surface area contributed by atoms with Crippen molar-refractivity contribution in [2.75, 3.05) is 18.0 Å². The normalized spacial score (nSPS) is 15.6. The van der Waals surface area contributed by atoms with Crippen LogP contribution in [0.5, 0.6) is 0 Å². The second-order valence-corrected chi connectivity index (χ2v) is 8.73. The average Bonchev–Trinajstić information content (AvgIpc) is 3.23. The van der Waals surface area contributed by atoms with Gasteiger partial charge in [-0.05, 0) is 51.0 Å². The summed E-state index contributed by atoms with van der Waals surface area (Å²) in [5.74, 6) is -1.79. The Balaban J connectivity index is 0.000000534. The number of benzene rings is 2. The van der Waals surface area contributed by atoms with Crippen LogP contribution in [0.3, 0.4) is 0 Å². The summed E-state index contributed by atoms with van der Waals surface area (Å²) in [6.45, 7) is 6.77. The molecule has 0 aromatic heterocycles. The average molecular weight is 464 g/mol. The van der Waals surface area contributed by atoms with Gasteiger partial charge in [-0.25, -0.2) is 8.78 Å². The number of carbonyl (C=O) groups excluding carboxylic acids is 1. The van der Waals surface area contributed by atoms with Crippen LogP contribution in [0.1, 0.15) is 44.7 Å². The molecule has 5 nitrogen and oxygen atoms in total. The van der Waals surface area contributed by atoms with Crippen molar-refractivity contribution in [3.63, 3.8) is 0 Å². The molecule has 1 atom stereocenters. The molecule has 2 aromatic rings. The highest BCUT2D eigenvalue weighted by atomic mass is 35.5. The topological polar surface area (TPSA) is 67.6 Å². The summed E-state index contributed by atoms with van der Waals surface area (Å²) in [7, 11) is 0. The monoisotopic (exact) mass is 463 g/mol. The number of rotatable bonds is 6. The molecule has 2 aromatic carbocycles. The van der Waals surface area contributed by atoms with E-state index in [0.29, 0.717) is 35.8 Å². The number of nitrogens with zero attached hydrogens (tertiary/aromatic N) is 3. The number of hydrogen-bond acceptors (Lipinski definition) is 4. The molecule has 1 aliphatic rings. The number of carbonyl (C=O) groups is 1. The maximum absolute atomic E-state index is 14.2. The van der Waals surface area contributed by atoms with E-state index in [4.69, 9.17) is 22.0 Å². The van der Waals surface area contributed by atoms with E-state index in [2.05, 4.69) is 0 Å². The smallest absolute Gasteiger partial charge is 0.209 e. The standard InChI is InChI=1S/C19H16ClF2N3O.C5H12O/c20-17-8-15(5-4-13(17)9-23)25(16-6-7-24(11-16)12-26)10-14-2-1-3-18(21)19(14)22;1-4-5(2,3)6/h1-5,8,12,16H,6-7,10-11H2;6H,4H2,1-3H3. The van der Waals surface area contributed by atoms with Gasteiger partial charge in [0.1, 0.15) is 6.07 Å². The molecule has 1 N–H and O–H groups in total. The zero-order valence-corrected chi connectivity index (χ0v) is 19.2. The predicted molar refractivity (Wildman–Crippen MR) is 121 cm³/mol. The first-order valence-electron chi connectivity index (χ1n) is 10.4. The van der Waals surface area contributed by atoms with Crippen LogP contribution in [0, 0.1) is 23.0 Å². The summed E-state index contributed by atoms with van der Waals surface area (Å²) in [5.41, 5.74) is 0.790. The van der Waals surface area contributed by atoms with E-state index in [9.17, 15) is 13.6 Å². The third kappa shape index (κ3) is 6.91. The van der Waals surface area contributed by atoms with E-state index in [0.717, 1.165) is 18.9 Å². The highest BCUT2D eigenvalue weighted by molar-refractivity contribution is 6.32. The SMILES string of the molecule is CCC(C)(C)O.N#Cc1ccc(N(Cc2cccc(F)c2F)C2CCN(C=O)C2)cc1Cl. The molecule has 32 heavy (non-hydrogen) atoms. The third-order valence-corrected chi connectivity index (χ3v) is 5.74. The first kappa shape index (κ1) is 25.6. The van der Waals surface area contributed by atoms with Crippen LogP contribution in [-0.4, -0.2) is 41.1 Å². The van der Waals surface area contributed by atoms with Gasteiger partial charge in [-0.15, -0.1) is 0 Å². The van der Waals surface area contributed by atoms with Crippen LogP contribution in [0.2, 0.25) is 5.02 Å². The summed E-state index contributed by atoms with van der Waals surface area (Å²) >= 11 is 6.15. The van der Waals surface area contributed by atoms with Crippen molar-refractivity contribution in [1.29, 1.82) is 5.26 Å². The van der Waals surface area contributed by atoms with Gasteiger partial charge in [-0.1, -0.05) is 30.7 Å². The molecule has 8 heteroatoms. The lowest BCUT2D eigenvalue weighted by atomic mass is 10.1. The van der Waals surface area contributed by atoms with Crippen LogP contribution in [0.4, 0.5) is 14.5 Å². The Morgan fingerprint density at radius 1 is 1.34 bits per heavy atom. The van der Waals surface area contributed by atoms with Crippen LogP contribution >= 0.6 is 11.6 Å². The Labute approximate surface area is 192 Å². The molecule has 3 rings (SSSR count). The van der Waals surface area contributed by atoms with Gasteiger partial charge in [0.05, 0.1) is 16.2 Å². The van der Waals surface area contributed by atoms with Crippen molar-refractivity contribution < 1.29 is 18.7 Å². The van der Waals surface area contributed by atoms with E-state index in [-0.39, 0.29) is 18.2 Å². The van der Waals surface area contributed by atoms with Crippen molar-refractivity contribution in [2.45, 2.75) is 51.8 Å². The first-order chi connectivity index (χ1) is 15.1. The molecule has 0 saturated carbocycles. The minimum Gasteiger partial charge on any atom is -0.390 e. The summed E-state index contributed by atoms with van der Waals surface area (Å²) in [5, 5.41) is 18.2. The number of likely N-dealkylation sites (tertiary alicyclic amines) is 1. The lowest BCUT2D eigenvalue weighted by Crippen LogP contribution is -2.37. The fourth-order valence-electron chi connectivity index (χ4n) is 3.18. The first-order valence-corrected chi connectivity index (χ1v) is 10.8. The quantitative estimate of drug-likeness (QED) is 0.619. The molecule has 1 aliphatic heterocycles. The molecule has 1 unspecified atom stereocenters. The molecule has 1 fully saturated rings. The Hall–Kier alpha value is -2.69. The van der Waals surface area contributed by atoms with Gasteiger partial charge in [0.25, 0.3) is 0 Å². The zero-order chi connectivity index (χ0) is 23.9. The summed E-state index contributed by atoms with van der Waals surface area (Å²) < 4.78 is 27.8. The molecule has 0 spiro atoms. The number of amides is 1. The molecule has 0 radical (unpaired) electrons. The van der Waals surface area contributed by atoms with Gasteiger partial charge < -0.3 is 14.9 Å². The van der Waals surface area contributed by atoms with Crippen LogP contribution in [0.25, 0.3) is 0 Å². The highest BCUT2D eigenvalue weighted by Crippen LogP contribution is 2.29. The molecular weight excluding hydrogens is 436 g/mol. The Morgan fingerprint density at radius 3 is 2.56 bits per heavy atom. The van der Waals surface area contributed by atoms with E-state index < -0.39 is 17.2 Å². The predicted octanol–water partition coefficient (Wildman–Crippen LogP) is 4.89. The van der Waals surface area contributed by atoms with Gasteiger partial charge in [0.2, 0.25) is 6.41 Å². The Morgan fingerprint density at radius 2 is 2.03 bits per heavy atom. The van der Waals surface area contributed by atoms with Gasteiger partial charge in [-0.3, -0.25) is 4.79 Å². The second-order valence-electron chi connectivity index (χ2n) is 8.33.